The number of aromatic nitrogens is 1. The predicted molar refractivity (Wildman–Crippen MR) is 72.1 cm³/mol. The van der Waals surface area contributed by atoms with Crippen molar-refractivity contribution in [3.05, 3.63) is 41.3 Å². The van der Waals surface area contributed by atoms with E-state index in [-0.39, 0.29) is 9.90 Å². The number of halogens is 1. The van der Waals surface area contributed by atoms with E-state index >= 15 is 0 Å². The number of nitrogens with zero attached hydrogens (tertiary/aromatic N) is 1. The van der Waals surface area contributed by atoms with Crippen LogP contribution in [0.4, 0.5) is 10.1 Å². The van der Waals surface area contributed by atoms with Gasteiger partial charge in [-0.2, -0.15) is 0 Å². The lowest BCUT2D eigenvalue weighted by atomic mass is 10.3. The summed E-state index contributed by atoms with van der Waals surface area (Å²) in [4.78, 5) is 4.43. The molecular weight excluding hydrogens is 289 g/mol. The van der Waals surface area contributed by atoms with Crippen LogP contribution in [0.3, 0.4) is 0 Å². The number of rotatable bonds is 5. The predicted octanol–water partition coefficient (Wildman–Crippen LogP) is 1.58. The molecule has 5 nitrogen and oxygen atoms in total. The summed E-state index contributed by atoms with van der Waals surface area (Å²) in [6.07, 6.45) is 2.88. The largest absolute Gasteiger partial charge is 0.330 e. The highest BCUT2D eigenvalue weighted by atomic mass is 32.2. The van der Waals surface area contributed by atoms with Gasteiger partial charge in [-0.15, -0.1) is 11.3 Å². The number of hydrogen-bond donors (Lipinski definition) is 2. The van der Waals surface area contributed by atoms with Gasteiger partial charge in [0.2, 0.25) is 0 Å². The van der Waals surface area contributed by atoms with E-state index in [4.69, 9.17) is 5.73 Å². The number of nitrogens with one attached hydrogen (secondary N) is 1. The van der Waals surface area contributed by atoms with Gasteiger partial charge < -0.3 is 5.73 Å². The highest BCUT2D eigenvalue weighted by Gasteiger charge is 2.18. The molecule has 8 heteroatoms. The first-order valence-corrected chi connectivity index (χ1v) is 7.74. The van der Waals surface area contributed by atoms with Crippen LogP contribution < -0.4 is 10.5 Å². The molecule has 102 valence electrons. The highest BCUT2D eigenvalue weighted by molar-refractivity contribution is 7.94. The van der Waals surface area contributed by atoms with Gasteiger partial charge in [0.1, 0.15) is 4.21 Å². The number of sulfonamides is 1. The topological polar surface area (TPSA) is 85.1 Å². The average molecular weight is 301 g/mol. The lowest BCUT2D eigenvalue weighted by Gasteiger charge is -2.06. The Morgan fingerprint density at radius 1 is 1.37 bits per heavy atom. The second-order valence-corrected chi connectivity index (χ2v) is 6.80. The monoisotopic (exact) mass is 301 g/mol. The van der Waals surface area contributed by atoms with Crippen LogP contribution in [0.5, 0.6) is 0 Å². The molecule has 0 saturated carbocycles. The van der Waals surface area contributed by atoms with Crippen molar-refractivity contribution in [1.82, 2.24) is 4.98 Å². The molecule has 3 N–H and O–H groups in total. The number of pyridine rings is 1. The van der Waals surface area contributed by atoms with Crippen molar-refractivity contribution in [3.8, 4) is 0 Å². The fourth-order valence-corrected chi connectivity index (χ4v) is 3.87. The lowest BCUT2D eigenvalue weighted by molar-refractivity contribution is 0.599. The Bertz CT molecular complexity index is 670. The quantitative estimate of drug-likeness (QED) is 0.878. The minimum atomic E-state index is -3.77. The van der Waals surface area contributed by atoms with Crippen LogP contribution in [0.25, 0.3) is 0 Å². The average Bonchev–Trinajstić information content (AvgIpc) is 2.82. The van der Waals surface area contributed by atoms with Crippen LogP contribution in [-0.4, -0.2) is 19.9 Å². The molecule has 0 aliphatic carbocycles. The number of nitrogens with two attached hydrogens (primary N) is 1. The first-order valence-electron chi connectivity index (χ1n) is 5.44. The van der Waals surface area contributed by atoms with Crippen molar-refractivity contribution in [2.45, 2.75) is 10.6 Å². The summed E-state index contributed by atoms with van der Waals surface area (Å²) in [5.41, 5.74) is 5.29. The third-order valence-electron chi connectivity index (χ3n) is 2.31. The normalized spacial score (nSPS) is 11.5. The van der Waals surface area contributed by atoms with Crippen LogP contribution in [0.2, 0.25) is 0 Å². The van der Waals surface area contributed by atoms with Crippen molar-refractivity contribution in [2.24, 2.45) is 5.73 Å². The maximum Gasteiger partial charge on any atom is 0.271 e. The Morgan fingerprint density at radius 2 is 2.16 bits per heavy atom. The number of thiophene rings is 1. The van der Waals surface area contributed by atoms with E-state index in [2.05, 4.69) is 9.71 Å². The molecular formula is C11H12FN3O2S2. The van der Waals surface area contributed by atoms with Crippen LogP contribution in [0, 0.1) is 5.82 Å². The second-order valence-electron chi connectivity index (χ2n) is 3.72. The maximum absolute atomic E-state index is 13.4. The molecule has 2 heterocycles. The summed E-state index contributed by atoms with van der Waals surface area (Å²) in [5.74, 6) is -0.718. The molecule has 0 saturated heterocycles. The van der Waals surface area contributed by atoms with Crippen molar-refractivity contribution in [1.29, 1.82) is 0 Å². The van der Waals surface area contributed by atoms with Gasteiger partial charge in [-0.25, -0.2) is 12.8 Å². The Hall–Kier alpha value is -1.51. The van der Waals surface area contributed by atoms with E-state index in [0.29, 0.717) is 13.0 Å². The van der Waals surface area contributed by atoms with Crippen molar-refractivity contribution in [2.75, 3.05) is 11.3 Å². The van der Waals surface area contributed by atoms with Crippen molar-refractivity contribution in [3.63, 3.8) is 0 Å². The van der Waals surface area contributed by atoms with E-state index in [1.807, 2.05) is 0 Å². The zero-order valence-corrected chi connectivity index (χ0v) is 11.5. The SMILES string of the molecule is NCCc1ccc(S(=O)(=O)Nc2ccncc2F)s1. The fraction of sp³-hybridized carbons (Fsp3) is 0.182. The van der Waals surface area contributed by atoms with Gasteiger partial charge in [-0.1, -0.05) is 0 Å². The van der Waals surface area contributed by atoms with Gasteiger partial charge in [0.25, 0.3) is 10.0 Å². The van der Waals surface area contributed by atoms with E-state index in [9.17, 15) is 12.8 Å². The first kappa shape index (κ1) is 13.9. The van der Waals surface area contributed by atoms with E-state index in [1.165, 1.54) is 18.3 Å². The molecule has 0 fully saturated rings. The molecule has 0 aliphatic rings. The van der Waals surface area contributed by atoms with Gasteiger partial charge in [-0.3, -0.25) is 9.71 Å². The Kier molecular flexibility index (Phi) is 4.13. The zero-order chi connectivity index (χ0) is 13.9. The smallest absolute Gasteiger partial charge is 0.271 e. The Balaban J connectivity index is 2.25. The summed E-state index contributed by atoms with van der Waals surface area (Å²) in [5, 5.41) is 0. The fourth-order valence-electron chi connectivity index (χ4n) is 1.43. The molecule has 0 atom stereocenters. The number of anilines is 1. The molecule has 0 unspecified atom stereocenters. The van der Waals surface area contributed by atoms with E-state index in [0.717, 1.165) is 22.4 Å². The zero-order valence-electron chi connectivity index (χ0n) is 9.84. The van der Waals surface area contributed by atoms with Gasteiger partial charge in [-0.05, 0) is 31.2 Å². The van der Waals surface area contributed by atoms with Gasteiger partial charge in [0.15, 0.2) is 5.82 Å². The summed E-state index contributed by atoms with van der Waals surface area (Å²) in [7, 11) is -3.77. The van der Waals surface area contributed by atoms with Crippen molar-refractivity contribution >= 4 is 27.0 Å². The van der Waals surface area contributed by atoms with Crippen molar-refractivity contribution < 1.29 is 12.8 Å². The Labute approximate surface area is 114 Å². The molecule has 0 aliphatic heterocycles. The third kappa shape index (κ3) is 3.28. The standard InChI is InChI=1S/C11H12FN3O2S2/c12-9-7-14-6-4-10(9)15-19(16,17)11-2-1-8(18-11)3-5-13/h1-2,4,6-7H,3,5,13H2,(H,14,15). The third-order valence-corrected chi connectivity index (χ3v) is 5.31. The van der Waals surface area contributed by atoms with Gasteiger partial charge in [0.05, 0.1) is 11.9 Å². The summed E-state index contributed by atoms with van der Waals surface area (Å²) < 4.78 is 39.8. The molecule has 2 aromatic heterocycles. The Morgan fingerprint density at radius 3 is 2.84 bits per heavy atom. The first-order chi connectivity index (χ1) is 9.03. The molecule has 0 bridgehead atoms. The molecule has 0 amide bonds. The summed E-state index contributed by atoms with van der Waals surface area (Å²) in [6, 6.07) is 4.45. The molecule has 0 radical (unpaired) electrons. The van der Waals surface area contributed by atoms with Gasteiger partial charge >= 0.3 is 0 Å². The van der Waals surface area contributed by atoms with Gasteiger partial charge in [0, 0.05) is 11.1 Å². The van der Waals surface area contributed by atoms with Crippen LogP contribution in [-0.2, 0) is 16.4 Å². The summed E-state index contributed by atoms with van der Waals surface area (Å²) in [6.45, 7) is 0.451. The van der Waals surface area contributed by atoms with E-state index < -0.39 is 15.8 Å². The van der Waals surface area contributed by atoms with Crippen LogP contribution in [0.15, 0.2) is 34.8 Å². The minimum Gasteiger partial charge on any atom is -0.330 e. The highest BCUT2D eigenvalue weighted by Crippen LogP contribution is 2.24. The van der Waals surface area contributed by atoms with Crippen LogP contribution in [0.1, 0.15) is 4.88 Å². The molecule has 2 rings (SSSR count). The summed E-state index contributed by atoms with van der Waals surface area (Å²) >= 11 is 1.12. The van der Waals surface area contributed by atoms with Crippen LogP contribution >= 0.6 is 11.3 Å². The van der Waals surface area contributed by atoms with E-state index in [1.54, 1.807) is 6.07 Å². The molecule has 0 spiro atoms. The maximum atomic E-state index is 13.4. The molecule has 19 heavy (non-hydrogen) atoms. The molecule has 0 aromatic carbocycles. The second kappa shape index (κ2) is 5.64. The number of hydrogen-bond acceptors (Lipinski definition) is 5. The molecule has 2 aromatic rings. The minimum absolute atomic E-state index is 0.122. The lowest BCUT2D eigenvalue weighted by Crippen LogP contribution is -2.12.